The van der Waals surface area contributed by atoms with Gasteiger partial charge < -0.3 is 9.84 Å². The maximum absolute atomic E-state index is 11.5. The van der Waals surface area contributed by atoms with Gasteiger partial charge in [0.1, 0.15) is 11.3 Å². The summed E-state index contributed by atoms with van der Waals surface area (Å²) in [5.74, 6) is -0.990. The predicted octanol–water partition coefficient (Wildman–Crippen LogP) is 3.47. The average molecular weight is 368 g/mol. The molecule has 0 unspecified atom stereocenters. The Bertz CT molecular complexity index is 944. The zero-order chi connectivity index (χ0) is 19.4. The molecule has 0 saturated carbocycles. The number of carboxylic acids is 1. The fraction of sp³-hybridized carbons (Fsp3) is 0.400. The maximum Gasteiger partial charge on any atom is 0.339 e. The molecule has 27 heavy (non-hydrogen) atoms. The van der Waals surface area contributed by atoms with Crippen molar-refractivity contribution < 1.29 is 14.6 Å². The molecule has 1 N–H and O–H groups in total. The number of aryl methyl sites for hydroxylation is 2. The zero-order valence-corrected chi connectivity index (χ0v) is 15.8. The van der Waals surface area contributed by atoms with E-state index in [0.717, 1.165) is 29.6 Å². The van der Waals surface area contributed by atoms with E-state index in [0.29, 0.717) is 12.2 Å². The van der Waals surface area contributed by atoms with Crippen LogP contribution in [0.3, 0.4) is 0 Å². The maximum atomic E-state index is 11.5. The normalized spacial score (nSPS) is 11.8. The second kappa shape index (κ2) is 7.84. The van der Waals surface area contributed by atoms with Crippen LogP contribution in [-0.4, -0.2) is 36.4 Å². The number of rotatable bonds is 7. The topological polar surface area (TPSA) is 90.1 Å². The number of pyridine rings is 2. The van der Waals surface area contributed by atoms with E-state index in [2.05, 4.69) is 15.1 Å². The number of hydrogen-bond acceptors (Lipinski definition) is 5. The third kappa shape index (κ3) is 5.10. The third-order valence-electron chi connectivity index (χ3n) is 4.05. The number of nitrogens with zero attached hydrogens (tertiary/aromatic N) is 4. The minimum Gasteiger partial charge on any atom is -0.478 e. The smallest absolute Gasteiger partial charge is 0.339 e. The van der Waals surface area contributed by atoms with Crippen molar-refractivity contribution in [2.24, 2.45) is 0 Å². The Morgan fingerprint density at radius 3 is 2.81 bits per heavy atom. The van der Waals surface area contributed by atoms with Gasteiger partial charge in [-0.05, 0) is 57.9 Å². The number of aromatic carboxylic acids is 1. The molecular weight excluding hydrogens is 344 g/mol. The number of ether oxygens (including phenoxy) is 1. The van der Waals surface area contributed by atoms with Gasteiger partial charge in [-0.2, -0.15) is 5.10 Å². The van der Waals surface area contributed by atoms with E-state index < -0.39 is 5.97 Å². The SMILES string of the molecule is CC(C)(C)OCc1nn(CCCc2ccc3cccnc3n2)cc1C(=O)O. The first-order chi connectivity index (χ1) is 12.8. The van der Waals surface area contributed by atoms with Crippen molar-refractivity contribution in [2.75, 3.05) is 0 Å². The van der Waals surface area contributed by atoms with Crippen LogP contribution in [0, 0.1) is 0 Å². The van der Waals surface area contributed by atoms with Crippen molar-refractivity contribution in [3.05, 3.63) is 53.6 Å². The Hall–Kier alpha value is -2.80. The molecule has 3 heterocycles. The number of carboxylic acid groups (broad SMARTS) is 1. The van der Waals surface area contributed by atoms with E-state index in [1.165, 1.54) is 0 Å². The third-order valence-corrected chi connectivity index (χ3v) is 4.05. The van der Waals surface area contributed by atoms with Crippen LogP contribution in [-0.2, 0) is 24.3 Å². The van der Waals surface area contributed by atoms with Gasteiger partial charge in [-0.3, -0.25) is 4.68 Å². The van der Waals surface area contributed by atoms with Gasteiger partial charge in [-0.25, -0.2) is 14.8 Å². The molecule has 7 heteroatoms. The van der Waals surface area contributed by atoms with Crippen molar-refractivity contribution in [1.29, 1.82) is 0 Å². The Labute approximate surface area is 158 Å². The molecule has 0 amide bonds. The molecule has 0 aromatic carbocycles. The van der Waals surface area contributed by atoms with Crippen LogP contribution in [0.4, 0.5) is 0 Å². The van der Waals surface area contributed by atoms with Gasteiger partial charge in [0.2, 0.25) is 0 Å². The van der Waals surface area contributed by atoms with E-state index in [9.17, 15) is 9.90 Å². The van der Waals surface area contributed by atoms with E-state index in [-0.39, 0.29) is 17.8 Å². The fourth-order valence-corrected chi connectivity index (χ4v) is 2.70. The quantitative estimate of drug-likeness (QED) is 0.687. The summed E-state index contributed by atoms with van der Waals surface area (Å²) in [6.07, 6.45) is 4.87. The first-order valence-electron chi connectivity index (χ1n) is 8.96. The highest BCUT2D eigenvalue weighted by atomic mass is 16.5. The van der Waals surface area contributed by atoms with Gasteiger partial charge in [0.05, 0.1) is 12.2 Å². The van der Waals surface area contributed by atoms with Crippen molar-refractivity contribution >= 4 is 17.0 Å². The summed E-state index contributed by atoms with van der Waals surface area (Å²) in [6.45, 7) is 6.56. The molecule has 3 aromatic rings. The lowest BCUT2D eigenvalue weighted by Gasteiger charge is -2.18. The lowest BCUT2D eigenvalue weighted by molar-refractivity contribution is -0.0171. The zero-order valence-electron chi connectivity index (χ0n) is 15.8. The molecule has 3 aromatic heterocycles. The molecular formula is C20H24N4O3. The van der Waals surface area contributed by atoms with E-state index in [1.807, 2.05) is 45.0 Å². The molecule has 0 aliphatic rings. The predicted molar refractivity (Wildman–Crippen MR) is 102 cm³/mol. The highest BCUT2D eigenvalue weighted by Gasteiger charge is 2.18. The highest BCUT2D eigenvalue weighted by Crippen LogP contribution is 2.15. The fourth-order valence-electron chi connectivity index (χ4n) is 2.70. The Morgan fingerprint density at radius 2 is 2.07 bits per heavy atom. The van der Waals surface area contributed by atoms with Gasteiger partial charge in [0.15, 0.2) is 5.65 Å². The molecule has 0 atom stereocenters. The second-order valence-electron chi connectivity index (χ2n) is 7.42. The molecule has 0 aliphatic carbocycles. The van der Waals surface area contributed by atoms with Crippen LogP contribution >= 0.6 is 0 Å². The number of fused-ring (bicyclic) bond motifs is 1. The lowest BCUT2D eigenvalue weighted by atomic mass is 10.2. The second-order valence-corrected chi connectivity index (χ2v) is 7.42. The monoisotopic (exact) mass is 368 g/mol. The average Bonchev–Trinajstić information content (AvgIpc) is 3.03. The van der Waals surface area contributed by atoms with Crippen LogP contribution in [0.5, 0.6) is 0 Å². The number of carbonyl (C=O) groups is 1. The van der Waals surface area contributed by atoms with Crippen LogP contribution in [0.15, 0.2) is 36.7 Å². The molecule has 3 rings (SSSR count). The largest absolute Gasteiger partial charge is 0.478 e. The summed E-state index contributed by atoms with van der Waals surface area (Å²) in [5, 5.41) is 14.8. The van der Waals surface area contributed by atoms with Crippen LogP contribution in [0.25, 0.3) is 11.0 Å². The molecule has 0 aliphatic heterocycles. The summed E-state index contributed by atoms with van der Waals surface area (Å²) in [4.78, 5) is 20.3. The van der Waals surface area contributed by atoms with Gasteiger partial charge in [-0.1, -0.05) is 0 Å². The molecule has 0 spiro atoms. The Kier molecular flexibility index (Phi) is 5.51. The summed E-state index contributed by atoms with van der Waals surface area (Å²) in [7, 11) is 0. The van der Waals surface area contributed by atoms with Crippen LogP contribution < -0.4 is 0 Å². The van der Waals surface area contributed by atoms with Crippen molar-refractivity contribution in [3.63, 3.8) is 0 Å². The molecule has 0 saturated heterocycles. The van der Waals surface area contributed by atoms with E-state index in [4.69, 9.17) is 4.74 Å². The summed E-state index contributed by atoms with van der Waals surface area (Å²) >= 11 is 0. The Morgan fingerprint density at radius 1 is 1.26 bits per heavy atom. The molecule has 0 fully saturated rings. The minimum atomic E-state index is -0.990. The highest BCUT2D eigenvalue weighted by molar-refractivity contribution is 5.88. The number of aromatic nitrogens is 4. The summed E-state index contributed by atoms with van der Waals surface area (Å²) < 4.78 is 7.35. The summed E-state index contributed by atoms with van der Waals surface area (Å²) in [6, 6.07) is 7.89. The first kappa shape index (κ1) is 19.0. The van der Waals surface area contributed by atoms with E-state index in [1.54, 1.807) is 17.1 Å². The van der Waals surface area contributed by atoms with E-state index >= 15 is 0 Å². The summed E-state index contributed by atoms with van der Waals surface area (Å²) in [5.41, 5.74) is 1.99. The number of hydrogen-bond donors (Lipinski definition) is 1. The van der Waals surface area contributed by atoms with Gasteiger partial charge in [0.25, 0.3) is 0 Å². The molecule has 7 nitrogen and oxygen atoms in total. The van der Waals surface area contributed by atoms with Gasteiger partial charge in [0, 0.05) is 30.0 Å². The molecule has 142 valence electrons. The van der Waals surface area contributed by atoms with Crippen LogP contribution in [0.2, 0.25) is 0 Å². The van der Waals surface area contributed by atoms with Gasteiger partial charge in [-0.15, -0.1) is 0 Å². The van der Waals surface area contributed by atoms with Crippen molar-refractivity contribution in [1.82, 2.24) is 19.7 Å². The van der Waals surface area contributed by atoms with Gasteiger partial charge >= 0.3 is 5.97 Å². The standard InChI is InChI=1S/C20H24N4O3/c1-20(2,3)27-13-17-16(19(25)26)12-24(23-17)11-5-7-15-9-8-14-6-4-10-21-18(14)22-15/h4,6,8-10,12H,5,7,11,13H2,1-3H3,(H,25,26). The molecule has 0 bridgehead atoms. The van der Waals surface area contributed by atoms with Crippen LogP contribution in [0.1, 0.15) is 48.9 Å². The van der Waals surface area contributed by atoms with Crippen molar-refractivity contribution in [2.45, 2.75) is 52.4 Å². The minimum absolute atomic E-state index is 0.177. The molecule has 0 radical (unpaired) electrons. The van der Waals surface area contributed by atoms with Crippen molar-refractivity contribution in [3.8, 4) is 0 Å². The lowest BCUT2D eigenvalue weighted by Crippen LogP contribution is -2.19. The first-order valence-corrected chi connectivity index (χ1v) is 8.96. The Balaban J connectivity index is 1.63.